The maximum absolute atomic E-state index is 13.3. The summed E-state index contributed by atoms with van der Waals surface area (Å²) in [7, 11) is 0. The number of rotatable bonds is 9. The molecule has 0 bridgehead atoms. The van der Waals surface area contributed by atoms with E-state index in [1.165, 1.54) is 24.0 Å². The number of hydrogen-bond donors (Lipinski definition) is 2. The second-order valence-corrected chi connectivity index (χ2v) is 10.8. The quantitative estimate of drug-likeness (QED) is 0.280. The number of carboxylic acid groups (broad SMARTS) is 2. The highest BCUT2D eigenvalue weighted by molar-refractivity contribution is 6.42. The molecule has 214 valence electrons. The standard InChI is InChI=1S/C27H32Cl2N2O.C4H4O4/c28-25-12-11-23(18-26(25)29)19-27(32)31-16-13-22(10-6-9-21-7-2-1-3-8-21)17-24(31)20-30-14-4-5-15-30;5-3(6)1-2-4(7)8/h1-3,7-8,10-12,18,24H,4-6,9,13-17,19-20H2;1-2H,(H,5,6)(H,7,8). The van der Waals surface area contributed by atoms with Crippen molar-refractivity contribution < 1.29 is 24.6 Å². The molecule has 0 radical (unpaired) electrons. The van der Waals surface area contributed by atoms with Crippen molar-refractivity contribution in [1.82, 2.24) is 9.80 Å². The first-order valence-electron chi connectivity index (χ1n) is 13.5. The van der Waals surface area contributed by atoms with Gasteiger partial charge in [-0.3, -0.25) is 4.79 Å². The predicted molar refractivity (Wildman–Crippen MR) is 158 cm³/mol. The molecule has 9 heteroatoms. The number of hydrogen-bond acceptors (Lipinski definition) is 4. The Morgan fingerprint density at radius 3 is 2.17 bits per heavy atom. The Morgan fingerprint density at radius 1 is 0.875 bits per heavy atom. The zero-order valence-electron chi connectivity index (χ0n) is 22.5. The van der Waals surface area contributed by atoms with Crippen LogP contribution in [0.3, 0.4) is 0 Å². The zero-order valence-corrected chi connectivity index (χ0v) is 24.0. The van der Waals surface area contributed by atoms with Gasteiger partial charge in [-0.25, -0.2) is 9.59 Å². The molecule has 7 nitrogen and oxygen atoms in total. The number of aryl methyl sites for hydroxylation is 1. The number of halogens is 2. The van der Waals surface area contributed by atoms with Gasteiger partial charge in [0.25, 0.3) is 0 Å². The summed E-state index contributed by atoms with van der Waals surface area (Å²) in [5.74, 6) is -2.32. The minimum Gasteiger partial charge on any atom is -0.478 e. The van der Waals surface area contributed by atoms with E-state index < -0.39 is 11.9 Å². The van der Waals surface area contributed by atoms with Gasteiger partial charge in [-0.05, 0) is 74.9 Å². The van der Waals surface area contributed by atoms with Crippen LogP contribution in [0.2, 0.25) is 10.0 Å². The molecule has 2 aliphatic heterocycles. The Balaban J connectivity index is 0.000000482. The Kier molecular flexibility index (Phi) is 12.7. The van der Waals surface area contributed by atoms with Crippen LogP contribution < -0.4 is 0 Å². The van der Waals surface area contributed by atoms with Crippen LogP contribution in [0.5, 0.6) is 0 Å². The van der Waals surface area contributed by atoms with Gasteiger partial charge in [0.15, 0.2) is 0 Å². The van der Waals surface area contributed by atoms with Crippen LogP contribution in [0.15, 0.2) is 72.3 Å². The van der Waals surface area contributed by atoms with Gasteiger partial charge >= 0.3 is 11.9 Å². The molecule has 2 aromatic carbocycles. The molecule has 4 rings (SSSR count). The maximum atomic E-state index is 13.3. The number of nitrogens with zero attached hydrogens (tertiary/aromatic N) is 2. The first kappa shape index (κ1) is 31.4. The maximum Gasteiger partial charge on any atom is 0.328 e. The molecule has 0 spiro atoms. The van der Waals surface area contributed by atoms with E-state index in [9.17, 15) is 14.4 Å². The zero-order chi connectivity index (χ0) is 28.9. The van der Waals surface area contributed by atoms with E-state index in [2.05, 4.69) is 46.2 Å². The summed E-state index contributed by atoms with van der Waals surface area (Å²) >= 11 is 12.2. The Morgan fingerprint density at radius 2 is 1.55 bits per heavy atom. The summed E-state index contributed by atoms with van der Waals surface area (Å²) in [4.78, 5) is 37.0. The summed E-state index contributed by atoms with van der Waals surface area (Å²) in [6.07, 6.45) is 10.5. The Hall–Kier alpha value is -3.13. The average Bonchev–Trinajstić information content (AvgIpc) is 3.44. The van der Waals surface area contributed by atoms with Crippen molar-refractivity contribution in [2.45, 2.75) is 51.0 Å². The molecule has 2 aliphatic rings. The van der Waals surface area contributed by atoms with Crippen molar-refractivity contribution in [3.05, 3.63) is 93.5 Å². The molecule has 2 aromatic rings. The highest BCUT2D eigenvalue weighted by atomic mass is 35.5. The largest absolute Gasteiger partial charge is 0.478 e. The molecule has 2 N–H and O–H groups in total. The second-order valence-electron chi connectivity index (χ2n) is 10.0. The van der Waals surface area contributed by atoms with Gasteiger partial charge in [0, 0.05) is 31.3 Å². The lowest BCUT2D eigenvalue weighted by atomic mass is 9.93. The molecule has 0 saturated carbocycles. The number of aliphatic carboxylic acids is 2. The highest BCUT2D eigenvalue weighted by Crippen LogP contribution is 2.27. The molecular formula is C31H36Cl2N2O5. The summed E-state index contributed by atoms with van der Waals surface area (Å²) in [5.41, 5.74) is 3.81. The molecule has 2 saturated heterocycles. The van der Waals surface area contributed by atoms with Crippen LogP contribution in [0.1, 0.15) is 43.2 Å². The van der Waals surface area contributed by atoms with Gasteiger partial charge in [-0.2, -0.15) is 0 Å². The van der Waals surface area contributed by atoms with Gasteiger partial charge in [0.1, 0.15) is 0 Å². The minimum atomic E-state index is -1.26. The monoisotopic (exact) mass is 586 g/mol. The van der Waals surface area contributed by atoms with Crippen molar-refractivity contribution in [2.75, 3.05) is 26.2 Å². The fourth-order valence-corrected chi connectivity index (χ4v) is 5.38. The Labute approximate surface area is 245 Å². The number of carbonyl (C=O) groups excluding carboxylic acids is 1. The summed E-state index contributed by atoms with van der Waals surface area (Å²) in [6.45, 7) is 4.08. The van der Waals surface area contributed by atoms with E-state index >= 15 is 0 Å². The van der Waals surface area contributed by atoms with E-state index in [-0.39, 0.29) is 11.9 Å². The van der Waals surface area contributed by atoms with Crippen molar-refractivity contribution in [1.29, 1.82) is 0 Å². The summed E-state index contributed by atoms with van der Waals surface area (Å²) in [5, 5.41) is 16.7. The number of piperidine rings is 1. The van der Waals surface area contributed by atoms with Crippen LogP contribution >= 0.6 is 23.2 Å². The lowest BCUT2D eigenvalue weighted by molar-refractivity contribution is -0.134. The number of allylic oxidation sites excluding steroid dienone is 1. The normalized spacial score (nSPS) is 18.5. The fourth-order valence-electron chi connectivity index (χ4n) is 5.06. The smallest absolute Gasteiger partial charge is 0.328 e. The predicted octanol–water partition coefficient (Wildman–Crippen LogP) is 5.89. The second kappa shape index (κ2) is 16.2. The SMILES string of the molecule is O=C(Cc1ccc(Cl)c(Cl)c1)N1CCC(=CCCc2ccccc2)CC1CN1CCCC1.O=C(O)C=CC(=O)O. The van der Waals surface area contributed by atoms with Crippen molar-refractivity contribution in [2.24, 2.45) is 0 Å². The van der Waals surface area contributed by atoms with E-state index in [1.807, 2.05) is 12.1 Å². The van der Waals surface area contributed by atoms with Gasteiger partial charge in [-0.15, -0.1) is 0 Å². The summed E-state index contributed by atoms with van der Waals surface area (Å²) in [6, 6.07) is 16.4. The highest BCUT2D eigenvalue weighted by Gasteiger charge is 2.30. The Bertz CT molecular complexity index is 1190. The van der Waals surface area contributed by atoms with Crippen LogP contribution in [-0.2, 0) is 27.2 Å². The fraction of sp³-hybridized carbons (Fsp3) is 0.387. The van der Waals surface area contributed by atoms with Gasteiger partial charge in [0.2, 0.25) is 5.91 Å². The molecule has 0 aromatic heterocycles. The van der Waals surface area contributed by atoms with Crippen LogP contribution in [0.25, 0.3) is 0 Å². The van der Waals surface area contributed by atoms with Gasteiger partial charge < -0.3 is 20.0 Å². The topological polar surface area (TPSA) is 98.2 Å². The van der Waals surface area contributed by atoms with Crippen LogP contribution in [-0.4, -0.2) is 70.1 Å². The number of benzene rings is 2. The van der Waals surface area contributed by atoms with Crippen LogP contribution in [0.4, 0.5) is 0 Å². The lowest BCUT2D eigenvalue weighted by Crippen LogP contribution is -2.50. The number of carbonyl (C=O) groups is 3. The van der Waals surface area contributed by atoms with Crippen molar-refractivity contribution in [3.63, 3.8) is 0 Å². The first-order chi connectivity index (χ1) is 19.2. The van der Waals surface area contributed by atoms with E-state index in [0.717, 1.165) is 57.4 Å². The third-order valence-corrected chi connectivity index (χ3v) is 7.76. The van der Waals surface area contributed by atoms with Crippen LogP contribution in [0, 0.1) is 0 Å². The third-order valence-electron chi connectivity index (χ3n) is 7.02. The molecule has 0 aliphatic carbocycles. The van der Waals surface area contributed by atoms with E-state index in [1.54, 1.807) is 6.07 Å². The number of amides is 1. The van der Waals surface area contributed by atoms with Gasteiger partial charge in [0.05, 0.1) is 16.5 Å². The summed E-state index contributed by atoms with van der Waals surface area (Å²) < 4.78 is 0. The molecule has 2 fully saturated rings. The molecule has 1 amide bonds. The molecule has 1 unspecified atom stereocenters. The average molecular weight is 588 g/mol. The molecule has 40 heavy (non-hydrogen) atoms. The van der Waals surface area contributed by atoms with Crippen molar-refractivity contribution in [3.8, 4) is 0 Å². The molecule has 1 atom stereocenters. The first-order valence-corrected chi connectivity index (χ1v) is 14.3. The lowest BCUT2D eigenvalue weighted by Gasteiger charge is -2.39. The minimum absolute atomic E-state index is 0.191. The molecule has 2 heterocycles. The van der Waals surface area contributed by atoms with E-state index in [0.29, 0.717) is 28.6 Å². The van der Waals surface area contributed by atoms with Gasteiger partial charge in [-0.1, -0.05) is 71.2 Å². The van der Waals surface area contributed by atoms with E-state index in [4.69, 9.17) is 33.4 Å². The van der Waals surface area contributed by atoms with Crippen molar-refractivity contribution >= 4 is 41.0 Å². The number of likely N-dealkylation sites (tertiary alicyclic amines) is 2. The number of carboxylic acids is 2. The third kappa shape index (κ3) is 10.8. The molecular weight excluding hydrogens is 551 g/mol.